The zero-order valence-corrected chi connectivity index (χ0v) is 16.1. The summed E-state index contributed by atoms with van der Waals surface area (Å²) in [6.45, 7) is 0. The standard InChI is InChI=1S/C19H13BrN2O7/c20-11-8-4-7-10-12(11)21-17(26)19(10)14(13(15(23)24)22-18(27)29-19)28-16(25)9-5-2-1-3-6-9/h1-8,13-14H,(H,21,26)(H,22,27)(H,23,24)/t13-,14+,19-/m0/s1. The second-order valence-corrected chi connectivity index (χ2v) is 7.25. The van der Waals surface area contributed by atoms with Gasteiger partial charge in [-0.05, 0) is 34.1 Å². The van der Waals surface area contributed by atoms with E-state index in [-0.39, 0.29) is 11.1 Å². The minimum absolute atomic E-state index is 0.150. The topological polar surface area (TPSA) is 131 Å². The molecule has 0 aromatic heterocycles. The van der Waals surface area contributed by atoms with Crippen molar-refractivity contribution in [3.05, 3.63) is 64.1 Å². The maximum atomic E-state index is 13.0. The van der Waals surface area contributed by atoms with Gasteiger partial charge in [0.2, 0.25) is 0 Å². The van der Waals surface area contributed by atoms with Gasteiger partial charge in [-0.3, -0.25) is 4.79 Å². The third-order valence-electron chi connectivity index (χ3n) is 4.73. The molecule has 0 aliphatic carbocycles. The lowest BCUT2D eigenvalue weighted by atomic mass is 9.83. The van der Waals surface area contributed by atoms with Crippen LogP contribution in [0.2, 0.25) is 0 Å². The maximum Gasteiger partial charge on any atom is 0.409 e. The molecule has 0 saturated carbocycles. The summed E-state index contributed by atoms with van der Waals surface area (Å²) in [7, 11) is 0. The van der Waals surface area contributed by atoms with Crippen LogP contribution in [0.3, 0.4) is 0 Å². The highest BCUT2D eigenvalue weighted by atomic mass is 79.9. The number of fused-ring (bicyclic) bond motifs is 2. The molecule has 0 bridgehead atoms. The lowest BCUT2D eigenvalue weighted by Gasteiger charge is -2.41. The highest BCUT2D eigenvalue weighted by Crippen LogP contribution is 2.47. The van der Waals surface area contributed by atoms with Gasteiger partial charge in [-0.1, -0.05) is 30.3 Å². The first-order chi connectivity index (χ1) is 13.8. The Morgan fingerprint density at radius 2 is 1.83 bits per heavy atom. The fourth-order valence-electron chi connectivity index (χ4n) is 3.44. The highest BCUT2D eigenvalue weighted by molar-refractivity contribution is 9.10. The van der Waals surface area contributed by atoms with Crippen molar-refractivity contribution in [1.29, 1.82) is 0 Å². The summed E-state index contributed by atoms with van der Waals surface area (Å²) in [6.07, 6.45) is -2.78. The molecule has 2 aliphatic heterocycles. The monoisotopic (exact) mass is 460 g/mol. The van der Waals surface area contributed by atoms with E-state index in [0.29, 0.717) is 10.2 Å². The van der Waals surface area contributed by atoms with Gasteiger partial charge < -0.3 is 25.2 Å². The van der Waals surface area contributed by atoms with Crippen LogP contribution in [-0.4, -0.2) is 41.2 Å². The molecule has 2 amide bonds. The molecule has 0 unspecified atom stereocenters. The van der Waals surface area contributed by atoms with E-state index in [4.69, 9.17) is 9.47 Å². The number of carboxylic acids is 1. The number of ether oxygens (including phenoxy) is 2. The second kappa shape index (κ2) is 6.89. The smallest absolute Gasteiger partial charge is 0.409 e. The average Bonchev–Trinajstić information content (AvgIpc) is 2.97. The number of benzene rings is 2. The predicted octanol–water partition coefficient (Wildman–Crippen LogP) is 2.02. The molecule has 10 heteroatoms. The summed E-state index contributed by atoms with van der Waals surface area (Å²) in [5.41, 5.74) is -1.52. The summed E-state index contributed by atoms with van der Waals surface area (Å²) in [5.74, 6) is -3.16. The van der Waals surface area contributed by atoms with Gasteiger partial charge in [0.25, 0.3) is 11.5 Å². The molecule has 0 radical (unpaired) electrons. The van der Waals surface area contributed by atoms with Crippen molar-refractivity contribution in [3.63, 3.8) is 0 Å². The molecule has 1 fully saturated rings. The Morgan fingerprint density at radius 1 is 1.10 bits per heavy atom. The first-order valence-corrected chi connectivity index (χ1v) is 9.22. The van der Waals surface area contributed by atoms with Crippen molar-refractivity contribution in [3.8, 4) is 0 Å². The molecule has 3 N–H and O–H groups in total. The number of aliphatic carboxylic acids is 1. The van der Waals surface area contributed by atoms with Gasteiger partial charge in [-0.15, -0.1) is 0 Å². The van der Waals surface area contributed by atoms with Gasteiger partial charge in [-0.2, -0.15) is 0 Å². The number of halogens is 1. The number of hydrogen-bond acceptors (Lipinski definition) is 6. The number of carboxylic acid groups (broad SMARTS) is 1. The van der Waals surface area contributed by atoms with Crippen LogP contribution in [0.5, 0.6) is 0 Å². The Balaban J connectivity index is 1.85. The molecule has 9 nitrogen and oxygen atoms in total. The molecule has 1 saturated heterocycles. The van der Waals surface area contributed by atoms with E-state index in [2.05, 4.69) is 26.6 Å². The zero-order valence-electron chi connectivity index (χ0n) is 14.5. The number of carbonyl (C=O) groups is 4. The lowest BCUT2D eigenvalue weighted by molar-refractivity contribution is -0.168. The van der Waals surface area contributed by atoms with Gasteiger partial charge in [0.15, 0.2) is 12.1 Å². The SMILES string of the molecule is O=C1N[C@H](C(=O)O)[C@@H](OC(=O)c2ccccc2)[C@]2(O1)C(=O)Nc1c(Br)cccc12. The number of esters is 1. The number of alkyl carbamates (subject to hydrolysis) is 1. The number of carbonyl (C=O) groups excluding carboxylic acids is 3. The van der Waals surface area contributed by atoms with Crippen LogP contribution in [0.1, 0.15) is 15.9 Å². The molecule has 29 heavy (non-hydrogen) atoms. The molecular weight excluding hydrogens is 448 g/mol. The number of para-hydroxylation sites is 1. The molecule has 2 aromatic rings. The Morgan fingerprint density at radius 3 is 2.52 bits per heavy atom. The third kappa shape index (κ3) is 2.92. The van der Waals surface area contributed by atoms with Crippen LogP contribution in [-0.2, 0) is 24.7 Å². The van der Waals surface area contributed by atoms with E-state index >= 15 is 0 Å². The first kappa shape index (κ1) is 18.9. The summed E-state index contributed by atoms with van der Waals surface area (Å²) in [6, 6.07) is 10.9. The van der Waals surface area contributed by atoms with Gasteiger partial charge in [0.1, 0.15) is 0 Å². The van der Waals surface area contributed by atoms with Crippen molar-refractivity contribution >= 4 is 45.6 Å². The largest absolute Gasteiger partial charge is 0.480 e. The number of amides is 2. The number of nitrogens with one attached hydrogen (secondary N) is 2. The molecule has 1 spiro atoms. The third-order valence-corrected chi connectivity index (χ3v) is 5.39. The fraction of sp³-hybridized carbons (Fsp3) is 0.158. The van der Waals surface area contributed by atoms with Crippen LogP contribution < -0.4 is 10.6 Å². The normalized spacial score (nSPS) is 24.9. The van der Waals surface area contributed by atoms with Gasteiger partial charge in [0.05, 0.1) is 11.3 Å². The van der Waals surface area contributed by atoms with Crippen molar-refractivity contribution in [2.45, 2.75) is 17.7 Å². The Hall–Kier alpha value is -3.40. The van der Waals surface area contributed by atoms with E-state index in [1.807, 2.05) is 0 Å². The van der Waals surface area contributed by atoms with Crippen LogP contribution in [0.25, 0.3) is 0 Å². The quantitative estimate of drug-likeness (QED) is 0.596. The van der Waals surface area contributed by atoms with E-state index in [9.17, 15) is 24.3 Å². The Bertz CT molecular complexity index is 1040. The van der Waals surface area contributed by atoms with Crippen molar-refractivity contribution in [2.24, 2.45) is 0 Å². The molecular formula is C19H13BrN2O7. The van der Waals surface area contributed by atoms with Gasteiger partial charge in [-0.25, -0.2) is 14.4 Å². The molecule has 2 aliphatic rings. The highest BCUT2D eigenvalue weighted by Gasteiger charge is 2.65. The van der Waals surface area contributed by atoms with E-state index in [1.165, 1.54) is 18.2 Å². The fourth-order valence-corrected chi connectivity index (χ4v) is 3.91. The summed E-state index contributed by atoms with van der Waals surface area (Å²) in [5, 5.41) is 14.3. The van der Waals surface area contributed by atoms with E-state index in [1.54, 1.807) is 30.3 Å². The number of anilines is 1. The second-order valence-electron chi connectivity index (χ2n) is 6.39. The van der Waals surface area contributed by atoms with Crippen molar-refractivity contribution in [2.75, 3.05) is 5.32 Å². The van der Waals surface area contributed by atoms with Crippen molar-refractivity contribution in [1.82, 2.24) is 5.32 Å². The maximum absolute atomic E-state index is 13.0. The van der Waals surface area contributed by atoms with Crippen LogP contribution in [0.15, 0.2) is 53.0 Å². The minimum atomic E-state index is -2.16. The van der Waals surface area contributed by atoms with Crippen LogP contribution >= 0.6 is 15.9 Å². The molecule has 148 valence electrons. The minimum Gasteiger partial charge on any atom is -0.480 e. The van der Waals surface area contributed by atoms with Crippen LogP contribution in [0.4, 0.5) is 10.5 Å². The van der Waals surface area contributed by atoms with Crippen molar-refractivity contribution < 1.29 is 33.8 Å². The summed E-state index contributed by atoms with van der Waals surface area (Å²) in [4.78, 5) is 49.6. The first-order valence-electron chi connectivity index (χ1n) is 8.43. The summed E-state index contributed by atoms with van der Waals surface area (Å²) < 4.78 is 11.3. The summed E-state index contributed by atoms with van der Waals surface area (Å²) >= 11 is 3.30. The average molecular weight is 461 g/mol. The van der Waals surface area contributed by atoms with E-state index in [0.717, 1.165) is 0 Å². The Kier molecular flexibility index (Phi) is 4.50. The molecule has 2 heterocycles. The molecule has 3 atom stereocenters. The predicted molar refractivity (Wildman–Crippen MR) is 101 cm³/mol. The molecule has 4 rings (SSSR count). The van der Waals surface area contributed by atoms with Gasteiger partial charge >= 0.3 is 18.0 Å². The van der Waals surface area contributed by atoms with Crippen LogP contribution in [0, 0.1) is 0 Å². The molecule has 2 aromatic carbocycles. The Labute approximate surface area is 172 Å². The number of rotatable bonds is 3. The van der Waals surface area contributed by atoms with Gasteiger partial charge in [0, 0.05) is 10.0 Å². The lowest BCUT2D eigenvalue weighted by Crippen LogP contribution is -2.67. The number of hydrogen-bond donors (Lipinski definition) is 3. The van der Waals surface area contributed by atoms with E-state index < -0.39 is 41.7 Å². The zero-order chi connectivity index (χ0) is 20.8.